The summed E-state index contributed by atoms with van der Waals surface area (Å²) in [6.45, 7) is 3.88. The molecule has 0 aromatic heterocycles. The van der Waals surface area contributed by atoms with E-state index in [9.17, 15) is 9.59 Å². The molecule has 0 heterocycles. The van der Waals surface area contributed by atoms with Crippen molar-refractivity contribution < 1.29 is 9.59 Å². The summed E-state index contributed by atoms with van der Waals surface area (Å²) in [4.78, 5) is 24.9. The van der Waals surface area contributed by atoms with Gasteiger partial charge in [0.25, 0.3) is 0 Å². The summed E-state index contributed by atoms with van der Waals surface area (Å²) >= 11 is 0. The molecule has 0 saturated heterocycles. The SMILES string of the molecule is C/C(=C\C(=O)c1ccccc1)NC1CCCCC1N/C(C)=C/C(=O)c1ccccc1. The standard InChI is InChI=1S/C26H30N2O2/c1-19(17-25(29)21-11-5-3-6-12-21)27-23-15-9-10-16-24(23)28-20(2)18-26(30)22-13-7-4-8-14-22/h3-8,11-14,17-18,23-24,27-28H,9-10,15-16H2,1-2H3/b19-17+,20-18+. The van der Waals surface area contributed by atoms with Crippen LogP contribution in [0.5, 0.6) is 0 Å². The van der Waals surface area contributed by atoms with Crippen molar-refractivity contribution in [2.45, 2.75) is 51.6 Å². The van der Waals surface area contributed by atoms with Crippen molar-refractivity contribution in [3.63, 3.8) is 0 Å². The third-order valence-corrected chi connectivity index (χ3v) is 5.40. The van der Waals surface area contributed by atoms with Crippen LogP contribution in [0.4, 0.5) is 0 Å². The molecule has 2 aromatic carbocycles. The van der Waals surface area contributed by atoms with Crippen molar-refractivity contribution in [3.05, 3.63) is 95.3 Å². The van der Waals surface area contributed by atoms with Crippen LogP contribution in [0.2, 0.25) is 0 Å². The van der Waals surface area contributed by atoms with Crippen LogP contribution < -0.4 is 10.6 Å². The minimum atomic E-state index is 0.00505. The highest BCUT2D eigenvalue weighted by atomic mass is 16.1. The second-order valence-electron chi connectivity index (χ2n) is 7.90. The maximum Gasteiger partial charge on any atom is 0.187 e. The van der Waals surface area contributed by atoms with Gasteiger partial charge >= 0.3 is 0 Å². The first-order valence-electron chi connectivity index (χ1n) is 10.6. The number of carbonyl (C=O) groups excluding carboxylic acids is 2. The molecule has 3 rings (SSSR count). The monoisotopic (exact) mass is 402 g/mol. The Labute approximate surface area is 179 Å². The molecule has 0 bridgehead atoms. The highest BCUT2D eigenvalue weighted by Crippen LogP contribution is 2.21. The van der Waals surface area contributed by atoms with Gasteiger partial charge in [-0.15, -0.1) is 0 Å². The quantitative estimate of drug-likeness (QED) is 0.479. The molecule has 2 N–H and O–H groups in total. The summed E-state index contributed by atoms with van der Waals surface area (Å²) in [7, 11) is 0. The predicted molar refractivity (Wildman–Crippen MR) is 121 cm³/mol. The average Bonchev–Trinajstić information content (AvgIpc) is 2.76. The molecule has 4 heteroatoms. The Morgan fingerprint density at radius 3 is 1.43 bits per heavy atom. The minimum Gasteiger partial charge on any atom is -0.384 e. The third kappa shape index (κ3) is 6.18. The maximum absolute atomic E-state index is 12.4. The molecule has 2 aromatic rings. The Morgan fingerprint density at radius 2 is 1.07 bits per heavy atom. The zero-order chi connectivity index (χ0) is 21.3. The first-order chi connectivity index (χ1) is 14.5. The molecular formula is C26H30N2O2. The maximum atomic E-state index is 12.4. The third-order valence-electron chi connectivity index (χ3n) is 5.40. The van der Waals surface area contributed by atoms with Crippen LogP contribution in [-0.4, -0.2) is 23.7 Å². The molecule has 1 aliphatic rings. The highest BCUT2D eigenvalue weighted by Gasteiger charge is 2.25. The normalized spacial score (nSPS) is 19.8. The lowest BCUT2D eigenvalue weighted by molar-refractivity contribution is 0.103. The Bertz CT molecular complexity index is 839. The smallest absolute Gasteiger partial charge is 0.187 e. The molecule has 1 saturated carbocycles. The van der Waals surface area contributed by atoms with E-state index >= 15 is 0 Å². The van der Waals surface area contributed by atoms with E-state index in [0.717, 1.165) is 37.1 Å². The Morgan fingerprint density at radius 1 is 0.700 bits per heavy atom. The lowest BCUT2D eigenvalue weighted by atomic mass is 9.89. The van der Waals surface area contributed by atoms with Gasteiger partial charge in [-0.1, -0.05) is 73.5 Å². The van der Waals surface area contributed by atoms with Gasteiger partial charge in [-0.3, -0.25) is 9.59 Å². The molecule has 156 valence electrons. The molecule has 4 nitrogen and oxygen atoms in total. The van der Waals surface area contributed by atoms with E-state index in [4.69, 9.17) is 0 Å². The second-order valence-corrected chi connectivity index (χ2v) is 7.90. The average molecular weight is 403 g/mol. The number of carbonyl (C=O) groups is 2. The Hall–Kier alpha value is -3.14. The lowest BCUT2D eigenvalue weighted by Crippen LogP contribution is -2.48. The number of benzene rings is 2. The number of ketones is 2. The Balaban J connectivity index is 1.63. The van der Waals surface area contributed by atoms with Crippen LogP contribution in [-0.2, 0) is 0 Å². The van der Waals surface area contributed by atoms with E-state index in [-0.39, 0.29) is 23.7 Å². The van der Waals surface area contributed by atoms with Crippen LogP contribution in [0.25, 0.3) is 0 Å². The molecular weight excluding hydrogens is 372 g/mol. The number of hydrogen-bond acceptors (Lipinski definition) is 4. The van der Waals surface area contributed by atoms with Gasteiger partial charge < -0.3 is 10.6 Å². The van der Waals surface area contributed by atoms with Crippen molar-refractivity contribution in [2.24, 2.45) is 0 Å². The Kier molecular flexibility index (Phi) is 7.61. The van der Waals surface area contributed by atoms with Gasteiger partial charge in [0.05, 0.1) is 0 Å². The minimum absolute atomic E-state index is 0.00505. The van der Waals surface area contributed by atoms with Crippen LogP contribution >= 0.6 is 0 Å². The molecule has 0 amide bonds. The van der Waals surface area contributed by atoms with E-state index in [1.54, 1.807) is 12.2 Å². The first-order valence-corrected chi connectivity index (χ1v) is 10.6. The van der Waals surface area contributed by atoms with Gasteiger partial charge in [0.15, 0.2) is 11.6 Å². The molecule has 1 aliphatic carbocycles. The topological polar surface area (TPSA) is 58.2 Å². The van der Waals surface area contributed by atoms with E-state index in [0.29, 0.717) is 11.1 Å². The number of rotatable bonds is 8. The largest absolute Gasteiger partial charge is 0.384 e. The van der Waals surface area contributed by atoms with Gasteiger partial charge in [-0.05, 0) is 26.7 Å². The fourth-order valence-corrected chi connectivity index (χ4v) is 3.91. The fraction of sp³-hybridized carbons (Fsp3) is 0.308. The fourth-order valence-electron chi connectivity index (χ4n) is 3.91. The summed E-state index contributed by atoms with van der Waals surface area (Å²) < 4.78 is 0. The summed E-state index contributed by atoms with van der Waals surface area (Å²) in [6, 6.07) is 19.0. The van der Waals surface area contributed by atoms with Gasteiger partial charge in [-0.25, -0.2) is 0 Å². The molecule has 0 spiro atoms. The van der Waals surface area contributed by atoms with Crippen molar-refractivity contribution in [2.75, 3.05) is 0 Å². The molecule has 1 fully saturated rings. The summed E-state index contributed by atoms with van der Waals surface area (Å²) in [6.07, 6.45) is 7.71. The van der Waals surface area contributed by atoms with Crippen molar-refractivity contribution in [1.82, 2.24) is 10.6 Å². The lowest BCUT2D eigenvalue weighted by Gasteiger charge is -2.34. The molecule has 2 atom stereocenters. The van der Waals surface area contributed by atoms with E-state index < -0.39 is 0 Å². The molecule has 0 aliphatic heterocycles. The summed E-state index contributed by atoms with van der Waals surface area (Å²) in [5.74, 6) is 0.0101. The first kappa shape index (κ1) is 21.6. The van der Waals surface area contributed by atoms with Crippen LogP contribution in [0.1, 0.15) is 60.2 Å². The number of allylic oxidation sites excluding steroid dienone is 4. The van der Waals surface area contributed by atoms with Gasteiger partial charge in [0, 0.05) is 46.8 Å². The number of hydrogen-bond donors (Lipinski definition) is 2. The summed E-state index contributed by atoms with van der Waals surface area (Å²) in [5.41, 5.74) is 3.11. The molecule has 30 heavy (non-hydrogen) atoms. The highest BCUT2D eigenvalue weighted by molar-refractivity contribution is 6.05. The predicted octanol–water partition coefficient (Wildman–Crippen LogP) is 5.05. The zero-order valence-corrected chi connectivity index (χ0v) is 17.7. The van der Waals surface area contributed by atoms with E-state index in [1.807, 2.05) is 74.5 Å². The van der Waals surface area contributed by atoms with Gasteiger partial charge in [0.1, 0.15) is 0 Å². The summed E-state index contributed by atoms with van der Waals surface area (Å²) in [5, 5.41) is 7.05. The van der Waals surface area contributed by atoms with E-state index in [1.165, 1.54) is 0 Å². The molecule has 0 radical (unpaired) electrons. The van der Waals surface area contributed by atoms with E-state index in [2.05, 4.69) is 10.6 Å². The second kappa shape index (κ2) is 10.6. The van der Waals surface area contributed by atoms with Crippen molar-refractivity contribution in [1.29, 1.82) is 0 Å². The molecule has 2 unspecified atom stereocenters. The number of nitrogens with one attached hydrogen (secondary N) is 2. The van der Waals surface area contributed by atoms with Crippen LogP contribution in [0.15, 0.2) is 84.2 Å². The zero-order valence-electron chi connectivity index (χ0n) is 17.7. The van der Waals surface area contributed by atoms with Gasteiger partial charge in [-0.2, -0.15) is 0 Å². The van der Waals surface area contributed by atoms with Crippen LogP contribution in [0, 0.1) is 0 Å². The van der Waals surface area contributed by atoms with Crippen LogP contribution in [0.3, 0.4) is 0 Å². The van der Waals surface area contributed by atoms with Gasteiger partial charge in [0.2, 0.25) is 0 Å². The van der Waals surface area contributed by atoms with Crippen molar-refractivity contribution in [3.8, 4) is 0 Å². The van der Waals surface area contributed by atoms with Crippen molar-refractivity contribution >= 4 is 11.6 Å².